The predicted molar refractivity (Wildman–Crippen MR) is 56.2 cm³/mol. The number of hydrogen-bond donors (Lipinski definition) is 3. The third kappa shape index (κ3) is 4.43. The van der Waals surface area contributed by atoms with E-state index in [1.54, 1.807) is 6.07 Å². The van der Waals surface area contributed by atoms with Crippen molar-refractivity contribution in [2.45, 2.75) is 6.10 Å². The molecule has 98 valence electrons. The number of ether oxygens (including phenoxy) is 2. The lowest BCUT2D eigenvalue weighted by Crippen LogP contribution is -2.34. The summed E-state index contributed by atoms with van der Waals surface area (Å²) < 4.78 is 13.7. The molecule has 1 unspecified atom stereocenters. The van der Waals surface area contributed by atoms with Gasteiger partial charge in [-0.2, -0.15) is 0 Å². The van der Waals surface area contributed by atoms with Gasteiger partial charge in [0, 0.05) is 0 Å². The fraction of sp³-hybridized carbons (Fsp3) is 0.222. The molecule has 18 heavy (non-hydrogen) atoms. The Bertz CT molecular complexity index is 430. The number of alkyl carbamates (subject to hydrolysis) is 1. The molecule has 0 fully saturated rings. The van der Waals surface area contributed by atoms with Crippen molar-refractivity contribution in [3.05, 3.63) is 24.2 Å². The van der Waals surface area contributed by atoms with Gasteiger partial charge in [0.05, 0.1) is 12.8 Å². The van der Waals surface area contributed by atoms with Gasteiger partial charge in [0.2, 0.25) is 0 Å². The van der Waals surface area contributed by atoms with E-state index in [9.17, 15) is 14.4 Å². The second-order valence-electron chi connectivity index (χ2n) is 3.03. The zero-order chi connectivity index (χ0) is 13.5. The molecule has 0 saturated heterocycles. The molecule has 9 heteroatoms. The first-order valence-electron chi connectivity index (χ1n) is 4.73. The normalized spacial score (nSPS) is 11.3. The highest BCUT2D eigenvalue weighted by Gasteiger charge is 2.19. The van der Waals surface area contributed by atoms with Crippen molar-refractivity contribution in [2.24, 2.45) is 11.5 Å². The van der Waals surface area contributed by atoms with E-state index in [-0.39, 0.29) is 12.3 Å². The number of carbonyl (C=O) groups is 3. The first kappa shape index (κ1) is 13.4. The van der Waals surface area contributed by atoms with Gasteiger partial charge in [-0.3, -0.25) is 0 Å². The number of carbonyl (C=O) groups excluding carboxylic acids is 3. The SMILES string of the molecule is NC(=O)OC(=O)NCC(OC(N)=O)c1ccco1. The number of rotatable bonds is 4. The average Bonchev–Trinajstić information content (AvgIpc) is 2.75. The van der Waals surface area contributed by atoms with E-state index in [1.807, 2.05) is 0 Å². The van der Waals surface area contributed by atoms with Crippen LogP contribution in [0.5, 0.6) is 0 Å². The zero-order valence-corrected chi connectivity index (χ0v) is 9.12. The summed E-state index contributed by atoms with van der Waals surface area (Å²) in [4.78, 5) is 31.9. The second kappa shape index (κ2) is 6.13. The Morgan fingerprint density at radius 3 is 2.56 bits per heavy atom. The number of amides is 3. The molecule has 1 heterocycles. The van der Waals surface area contributed by atoms with Crippen LogP contribution in [0.1, 0.15) is 11.9 Å². The second-order valence-corrected chi connectivity index (χ2v) is 3.03. The molecule has 5 N–H and O–H groups in total. The highest BCUT2D eigenvalue weighted by molar-refractivity contribution is 5.82. The van der Waals surface area contributed by atoms with Gasteiger partial charge in [0.25, 0.3) is 0 Å². The minimum atomic E-state index is -1.25. The lowest BCUT2D eigenvalue weighted by Gasteiger charge is -2.14. The maximum Gasteiger partial charge on any atom is 0.416 e. The number of primary amides is 2. The largest absolute Gasteiger partial charge is 0.465 e. The van der Waals surface area contributed by atoms with E-state index >= 15 is 0 Å². The first-order valence-corrected chi connectivity index (χ1v) is 4.73. The molecule has 1 aromatic rings. The topological polar surface area (TPSA) is 147 Å². The van der Waals surface area contributed by atoms with Crippen LogP contribution in [0.3, 0.4) is 0 Å². The van der Waals surface area contributed by atoms with Gasteiger partial charge in [0.15, 0.2) is 6.10 Å². The number of hydrogen-bond acceptors (Lipinski definition) is 6. The van der Waals surface area contributed by atoms with Crippen molar-refractivity contribution in [3.63, 3.8) is 0 Å². The molecule has 0 radical (unpaired) electrons. The number of furan rings is 1. The van der Waals surface area contributed by atoms with Crippen molar-refractivity contribution in [1.29, 1.82) is 0 Å². The fourth-order valence-corrected chi connectivity index (χ4v) is 1.12. The van der Waals surface area contributed by atoms with Gasteiger partial charge in [-0.25, -0.2) is 14.4 Å². The molecule has 0 bridgehead atoms. The molecule has 0 spiro atoms. The van der Waals surface area contributed by atoms with E-state index in [1.165, 1.54) is 12.3 Å². The number of nitrogens with two attached hydrogens (primary N) is 2. The van der Waals surface area contributed by atoms with Gasteiger partial charge < -0.3 is 30.7 Å². The van der Waals surface area contributed by atoms with Crippen molar-refractivity contribution in [3.8, 4) is 0 Å². The number of nitrogens with one attached hydrogen (secondary N) is 1. The highest BCUT2D eigenvalue weighted by Crippen LogP contribution is 2.16. The zero-order valence-electron chi connectivity index (χ0n) is 9.12. The lowest BCUT2D eigenvalue weighted by atomic mass is 10.3. The molecular formula is C9H11N3O6. The van der Waals surface area contributed by atoms with Crippen molar-refractivity contribution >= 4 is 18.3 Å². The maximum absolute atomic E-state index is 11.0. The molecule has 1 aromatic heterocycles. The monoisotopic (exact) mass is 257 g/mol. The summed E-state index contributed by atoms with van der Waals surface area (Å²) >= 11 is 0. The molecule has 0 aromatic carbocycles. The van der Waals surface area contributed by atoms with Crippen LogP contribution in [0, 0.1) is 0 Å². The molecule has 1 rings (SSSR count). The molecule has 0 aliphatic rings. The van der Waals surface area contributed by atoms with Crippen LogP contribution in [0.4, 0.5) is 14.4 Å². The van der Waals surface area contributed by atoms with E-state index in [2.05, 4.69) is 15.8 Å². The Labute approximate surface area is 101 Å². The molecule has 3 amide bonds. The maximum atomic E-state index is 11.0. The lowest BCUT2D eigenvalue weighted by molar-refractivity contribution is 0.0897. The van der Waals surface area contributed by atoms with Crippen LogP contribution in [-0.4, -0.2) is 24.8 Å². The van der Waals surface area contributed by atoms with Gasteiger partial charge in [-0.05, 0) is 12.1 Å². The molecule has 1 atom stereocenters. The van der Waals surface area contributed by atoms with E-state index in [0.717, 1.165) is 0 Å². The van der Waals surface area contributed by atoms with E-state index in [0.29, 0.717) is 0 Å². The highest BCUT2D eigenvalue weighted by atomic mass is 16.6. The summed E-state index contributed by atoms with van der Waals surface area (Å²) in [5.74, 6) is 0.271. The smallest absolute Gasteiger partial charge is 0.416 e. The van der Waals surface area contributed by atoms with Crippen LogP contribution in [0.25, 0.3) is 0 Å². The molecule has 0 aliphatic heterocycles. The Balaban J connectivity index is 2.55. The van der Waals surface area contributed by atoms with Gasteiger partial charge in [0.1, 0.15) is 5.76 Å². The summed E-state index contributed by atoms with van der Waals surface area (Å²) in [6.45, 7) is -0.192. The summed E-state index contributed by atoms with van der Waals surface area (Å²) in [5, 5.41) is 2.15. The van der Waals surface area contributed by atoms with E-state index < -0.39 is 24.4 Å². The third-order valence-corrected chi connectivity index (χ3v) is 1.74. The third-order valence-electron chi connectivity index (χ3n) is 1.74. The first-order chi connectivity index (χ1) is 8.49. The minimum absolute atomic E-state index is 0.192. The van der Waals surface area contributed by atoms with Crippen LogP contribution in [-0.2, 0) is 9.47 Å². The Kier molecular flexibility index (Phi) is 4.55. The molecular weight excluding hydrogens is 246 g/mol. The Morgan fingerprint density at radius 2 is 2.06 bits per heavy atom. The predicted octanol–water partition coefficient (Wildman–Crippen LogP) is 0.221. The molecule has 0 saturated carbocycles. The average molecular weight is 257 g/mol. The van der Waals surface area contributed by atoms with Crippen LogP contribution >= 0.6 is 0 Å². The van der Waals surface area contributed by atoms with Gasteiger partial charge in [-0.1, -0.05) is 0 Å². The summed E-state index contributed by atoms with van der Waals surface area (Å²) in [5.41, 5.74) is 9.49. The summed E-state index contributed by atoms with van der Waals surface area (Å²) in [6, 6.07) is 3.09. The fourth-order valence-electron chi connectivity index (χ4n) is 1.12. The van der Waals surface area contributed by atoms with Crippen LogP contribution in [0.2, 0.25) is 0 Å². The minimum Gasteiger partial charge on any atom is -0.465 e. The van der Waals surface area contributed by atoms with Crippen molar-refractivity contribution in [2.75, 3.05) is 6.54 Å². The van der Waals surface area contributed by atoms with Crippen molar-refractivity contribution in [1.82, 2.24) is 5.32 Å². The standard InChI is InChI=1S/C9H11N3O6/c10-7(13)17-6(5-2-1-3-16-5)4-12-9(15)18-8(11)14/h1-3,6H,4H2,(H2,10,13)(H2,11,14)(H,12,15). The molecule has 0 aliphatic carbocycles. The van der Waals surface area contributed by atoms with Crippen molar-refractivity contribution < 1.29 is 28.3 Å². The van der Waals surface area contributed by atoms with E-state index in [4.69, 9.17) is 14.9 Å². The van der Waals surface area contributed by atoms with Crippen LogP contribution in [0.15, 0.2) is 22.8 Å². The van der Waals surface area contributed by atoms with Crippen LogP contribution < -0.4 is 16.8 Å². The van der Waals surface area contributed by atoms with Gasteiger partial charge >= 0.3 is 18.3 Å². The Hall–Kier alpha value is -2.71. The summed E-state index contributed by atoms with van der Waals surface area (Å²) in [6.07, 6.45) is -2.95. The molecule has 9 nitrogen and oxygen atoms in total. The summed E-state index contributed by atoms with van der Waals surface area (Å²) in [7, 11) is 0. The Morgan fingerprint density at radius 1 is 1.33 bits per heavy atom. The quantitative estimate of drug-likeness (QED) is 0.657. The van der Waals surface area contributed by atoms with Gasteiger partial charge in [-0.15, -0.1) is 0 Å².